The van der Waals surface area contributed by atoms with Gasteiger partial charge in [0.05, 0.1) is 23.1 Å². The zero-order valence-electron chi connectivity index (χ0n) is 9.50. The van der Waals surface area contributed by atoms with Crippen molar-refractivity contribution in [2.24, 2.45) is 0 Å². The monoisotopic (exact) mass is 217 g/mol. The van der Waals surface area contributed by atoms with Crippen LogP contribution < -0.4 is 11.1 Å². The van der Waals surface area contributed by atoms with Crippen molar-refractivity contribution in [2.45, 2.75) is 20.3 Å². The molecular weight excluding hydrogens is 202 g/mol. The number of pyridine rings is 1. The normalized spacial score (nSPS) is 9.12. The Morgan fingerprint density at radius 2 is 2.38 bits per heavy atom. The van der Waals surface area contributed by atoms with E-state index in [-0.39, 0.29) is 5.91 Å². The van der Waals surface area contributed by atoms with Crippen LogP contribution in [0, 0.1) is 18.8 Å². The first kappa shape index (κ1) is 12.1. The van der Waals surface area contributed by atoms with Gasteiger partial charge in [-0.05, 0) is 19.9 Å². The first-order valence-corrected chi connectivity index (χ1v) is 5.05. The Balaban J connectivity index is 2.64. The summed E-state index contributed by atoms with van der Waals surface area (Å²) in [5, 5.41) is 2.76. The molecule has 0 saturated carbocycles. The van der Waals surface area contributed by atoms with Gasteiger partial charge in [0.1, 0.15) is 0 Å². The zero-order valence-corrected chi connectivity index (χ0v) is 9.50. The van der Waals surface area contributed by atoms with E-state index in [0.29, 0.717) is 29.9 Å². The Labute approximate surface area is 95.3 Å². The highest BCUT2D eigenvalue weighted by atomic mass is 16.1. The molecule has 0 saturated heterocycles. The molecule has 0 aromatic carbocycles. The van der Waals surface area contributed by atoms with Crippen LogP contribution in [0.1, 0.15) is 29.4 Å². The van der Waals surface area contributed by atoms with Crippen LogP contribution >= 0.6 is 0 Å². The number of nitrogens with zero attached hydrogens (tertiary/aromatic N) is 1. The highest BCUT2D eigenvalue weighted by molar-refractivity contribution is 5.95. The molecular formula is C12H15N3O. The number of anilines is 1. The Morgan fingerprint density at radius 1 is 1.62 bits per heavy atom. The number of nitrogens with one attached hydrogen (secondary N) is 1. The third kappa shape index (κ3) is 3.28. The molecule has 4 nitrogen and oxygen atoms in total. The molecule has 4 heteroatoms. The molecule has 0 atom stereocenters. The maximum atomic E-state index is 11.7. The van der Waals surface area contributed by atoms with Crippen LogP contribution in [0.5, 0.6) is 0 Å². The molecule has 0 radical (unpaired) electrons. The zero-order chi connectivity index (χ0) is 12.0. The molecule has 0 spiro atoms. The van der Waals surface area contributed by atoms with Gasteiger partial charge in [0, 0.05) is 13.0 Å². The summed E-state index contributed by atoms with van der Waals surface area (Å²) in [4.78, 5) is 15.8. The van der Waals surface area contributed by atoms with Crippen LogP contribution in [0.15, 0.2) is 12.3 Å². The second-order valence-corrected chi connectivity index (χ2v) is 3.33. The predicted octanol–water partition coefficient (Wildman–Crippen LogP) is 1.12. The number of carbonyl (C=O) groups is 1. The van der Waals surface area contributed by atoms with Crippen LogP contribution in [0.2, 0.25) is 0 Å². The lowest BCUT2D eigenvalue weighted by Crippen LogP contribution is -2.25. The van der Waals surface area contributed by atoms with Gasteiger partial charge in [-0.3, -0.25) is 9.78 Å². The van der Waals surface area contributed by atoms with Gasteiger partial charge >= 0.3 is 0 Å². The largest absolute Gasteiger partial charge is 0.397 e. The first-order valence-electron chi connectivity index (χ1n) is 5.05. The van der Waals surface area contributed by atoms with Crippen molar-refractivity contribution in [3.05, 3.63) is 23.5 Å². The lowest BCUT2D eigenvalue weighted by molar-refractivity contribution is 0.0953. The number of carbonyl (C=O) groups excluding carboxylic acids is 1. The summed E-state index contributed by atoms with van der Waals surface area (Å²) in [6.07, 6.45) is 2.19. The Morgan fingerprint density at radius 3 is 3.06 bits per heavy atom. The third-order valence-electron chi connectivity index (χ3n) is 2.07. The van der Waals surface area contributed by atoms with E-state index in [0.717, 1.165) is 0 Å². The second kappa shape index (κ2) is 5.76. The van der Waals surface area contributed by atoms with Crippen molar-refractivity contribution in [3.63, 3.8) is 0 Å². The molecule has 1 rings (SSSR count). The van der Waals surface area contributed by atoms with Gasteiger partial charge in [-0.15, -0.1) is 11.8 Å². The summed E-state index contributed by atoms with van der Waals surface area (Å²) in [6.45, 7) is 4.09. The van der Waals surface area contributed by atoms with E-state index in [1.807, 2.05) is 0 Å². The minimum atomic E-state index is -0.157. The molecule has 0 aliphatic rings. The highest BCUT2D eigenvalue weighted by Crippen LogP contribution is 2.08. The molecule has 0 unspecified atom stereocenters. The van der Waals surface area contributed by atoms with Crippen LogP contribution in [0.4, 0.5) is 5.69 Å². The van der Waals surface area contributed by atoms with Gasteiger partial charge in [-0.25, -0.2) is 0 Å². The summed E-state index contributed by atoms with van der Waals surface area (Å²) in [7, 11) is 0. The van der Waals surface area contributed by atoms with E-state index < -0.39 is 0 Å². The number of rotatable bonds is 3. The summed E-state index contributed by atoms with van der Waals surface area (Å²) in [5.41, 5.74) is 7.26. The Bertz CT molecular complexity index is 443. The molecule has 3 N–H and O–H groups in total. The van der Waals surface area contributed by atoms with Crippen molar-refractivity contribution < 1.29 is 4.79 Å². The van der Waals surface area contributed by atoms with E-state index in [1.54, 1.807) is 19.9 Å². The first-order chi connectivity index (χ1) is 7.65. The van der Waals surface area contributed by atoms with Crippen molar-refractivity contribution >= 4 is 11.6 Å². The van der Waals surface area contributed by atoms with Gasteiger partial charge in [-0.1, -0.05) is 0 Å². The van der Waals surface area contributed by atoms with Gasteiger partial charge in [0.15, 0.2) is 0 Å². The third-order valence-corrected chi connectivity index (χ3v) is 2.07. The van der Waals surface area contributed by atoms with E-state index in [4.69, 9.17) is 5.73 Å². The lowest BCUT2D eigenvalue weighted by atomic mass is 10.2. The fraction of sp³-hybridized carbons (Fsp3) is 0.333. The van der Waals surface area contributed by atoms with Crippen LogP contribution in [-0.2, 0) is 0 Å². The van der Waals surface area contributed by atoms with Crippen molar-refractivity contribution in [2.75, 3.05) is 12.3 Å². The fourth-order valence-corrected chi connectivity index (χ4v) is 1.24. The van der Waals surface area contributed by atoms with Crippen molar-refractivity contribution in [1.29, 1.82) is 0 Å². The SMILES string of the molecule is CC#CCCNC(=O)c1cc(N)cnc1C. The molecule has 16 heavy (non-hydrogen) atoms. The number of aryl methyl sites for hydroxylation is 1. The number of nitrogen functional groups attached to an aromatic ring is 1. The van der Waals surface area contributed by atoms with Crippen molar-refractivity contribution in [3.8, 4) is 11.8 Å². The van der Waals surface area contributed by atoms with Crippen LogP contribution in [-0.4, -0.2) is 17.4 Å². The molecule has 0 fully saturated rings. The molecule has 1 aromatic rings. The summed E-state index contributed by atoms with van der Waals surface area (Å²) in [5.74, 6) is 5.49. The summed E-state index contributed by atoms with van der Waals surface area (Å²) < 4.78 is 0. The number of hydrogen-bond donors (Lipinski definition) is 2. The molecule has 84 valence electrons. The Hall–Kier alpha value is -2.02. The number of hydrogen-bond acceptors (Lipinski definition) is 3. The minimum Gasteiger partial charge on any atom is -0.397 e. The standard InChI is InChI=1S/C12H15N3O/c1-3-4-5-6-14-12(16)11-7-10(13)8-15-9(11)2/h7-8H,5-6,13H2,1-2H3,(H,14,16). The summed E-state index contributed by atoms with van der Waals surface area (Å²) >= 11 is 0. The molecule has 0 aliphatic carbocycles. The molecule has 0 aliphatic heterocycles. The number of nitrogens with two attached hydrogens (primary N) is 1. The van der Waals surface area contributed by atoms with Crippen LogP contribution in [0.3, 0.4) is 0 Å². The molecule has 0 bridgehead atoms. The Kier molecular flexibility index (Phi) is 4.34. The summed E-state index contributed by atoms with van der Waals surface area (Å²) in [6, 6.07) is 1.63. The topological polar surface area (TPSA) is 68.0 Å². The van der Waals surface area contributed by atoms with E-state index >= 15 is 0 Å². The number of amides is 1. The predicted molar refractivity (Wildman–Crippen MR) is 63.8 cm³/mol. The number of aromatic nitrogens is 1. The molecule has 1 amide bonds. The average molecular weight is 217 g/mol. The molecule has 1 heterocycles. The quantitative estimate of drug-likeness (QED) is 0.588. The molecule has 1 aromatic heterocycles. The van der Waals surface area contributed by atoms with E-state index in [1.165, 1.54) is 6.20 Å². The van der Waals surface area contributed by atoms with Gasteiger partial charge in [0.25, 0.3) is 5.91 Å². The van der Waals surface area contributed by atoms with Gasteiger partial charge in [0.2, 0.25) is 0 Å². The van der Waals surface area contributed by atoms with Gasteiger partial charge in [-0.2, -0.15) is 0 Å². The average Bonchev–Trinajstić information content (AvgIpc) is 2.27. The second-order valence-electron chi connectivity index (χ2n) is 3.33. The van der Waals surface area contributed by atoms with E-state index in [2.05, 4.69) is 22.1 Å². The highest BCUT2D eigenvalue weighted by Gasteiger charge is 2.09. The van der Waals surface area contributed by atoms with Crippen molar-refractivity contribution in [1.82, 2.24) is 10.3 Å². The smallest absolute Gasteiger partial charge is 0.253 e. The maximum absolute atomic E-state index is 11.7. The minimum absolute atomic E-state index is 0.157. The van der Waals surface area contributed by atoms with Gasteiger partial charge < -0.3 is 11.1 Å². The lowest BCUT2D eigenvalue weighted by Gasteiger charge is -2.06. The maximum Gasteiger partial charge on any atom is 0.253 e. The fourth-order valence-electron chi connectivity index (χ4n) is 1.24. The van der Waals surface area contributed by atoms with Crippen LogP contribution in [0.25, 0.3) is 0 Å². The van der Waals surface area contributed by atoms with E-state index in [9.17, 15) is 4.79 Å².